The molecule has 0 spiro atoms. The van der Waals surface area contributed by atoms with Crippen LogP contribution in [0.5, 0.6) is 0 Å². The third-order valence-corrected chi connectivity index (χ3v) is 1.85. The lowest BCUT2D eigenvalue weighted by molar-refractivity contribution is 0.769. The van der Waals surface area contributed by atoms with Crippen LogP contribution in [0.3, 0.4) is 0 Å². The summed E-state index contributed by atoms with van der Waals surface area (Å²) in [6.45, 7) is 4.07. The van der Waals surface area contributed by atoms with Gasteiger partial charge in [0.05, 0.1) is 10.4 Å². The van der Waals surface area contributed by atoms with Crippen LogP contribution in [0, 0.1) is 0 Å². The summed E-state index contributed by atoms with van der Waals surface area (Å²) in [6, 6.07) is 2.00. The minimum atomic E-state index is -0.0833. The Bertz CT molecular complexity index is 173. The average molecular weight is 159 g/mol. The summed E-state index contributed by atoms with van der Waals surface area (Å²) in [5, 5.41) is 1.97. The molecule has 1 rings (SSSR count). The van der Waals surface area contributed by atoms with Crippen molar-refractivity contribution in [2.75, 3.05) is 0 Å². The normalized spacial score (nSPS) is 11.9. The van der Waals surface area contributed by atoms with Gasteiger partial charge in [0.15, 0.2) is 0 Å². The predicted octanol–water partition coefficient (Wildman–Crippen LogP) is 2.31. The highest BCUT2D eigenvalue weighted by molar-refractivity contribution is 7.81. The standard InChI is InChI=1S/C6H9NS2/c1-6(2,8)5-3-4-9-7-5/h3-4,8H,1-2H3. The topological polar surface area (TPSA) is 12.9 Å². The molecular weight excluding hydrogens is 150 g/mol. The Balaban J connectivity index is 2.90. The van der Waals surface area contributed by atoms with Crippen LogP contribution in [-0.2, 0) is 4.75 Å². The maximum atomic E-state index is 4.35. The van der Waals surface area contributed by atoms with Crippen LogP contribution in [-0.4, -0.2) is 4.37 Å². The van der Waals surface area contributed by atoms with E-state index in [0.29, 0.717) is 0 Å². The van der Waals surface area contributed by atoms with Crippen LogP contribution in [0.15, 0.2) is 11.4 Å². The molecule has 0 aliphatic carbocycles. The molecule has 0 N–H and O–H groups in total. The van der Waals surface area contributed by atoms with E-state index in [0.717, 1.165) is 5.69 Å². The summed E-state index contributed by atoms with van der Waals surface area (Å²) in [7, 11) is 0. The maximum Gasteiger partial charge on any atom is 0.0694 e. The second-order valence-electron chi connectivity index (χ2n) is 2.44. The zero-order chi connectivity index (χ0) is 6.91. The van der Waals surface area contributed by atoms with Gasteiger partial charge in [-0.1, -0.05) is 0 Å². The summed E-state index contributed by atoms with van der Waals surface area (Å²) < 4.78 is 4.07. The van der Waals surface area contributed by atoms with Crippen molar-refractivity contribution in [1.82, 2.24) is 4.37 Å². The van der Waals surface area contributed by atoms with Crippen molar-refractivity contribution in [3.8, 4) is 0 Å². The highest BCUT2D eigenvalue weighted by atomic mass is 32.1. The highest BCUT2D eigenvalue weighted by Gasteiger charge is 2.15. The SMILES string of the molecule is CC(C)(S)c1ccsn1. The van der Waals surface area contributed by atoms with Crippen LogP contribution >= 0.6 is 24.2 Å². The smallest absolute Gasteiger partial charge is 0.0694 e. The Morgan fingerprint density at radius 3 is 2.56 bits per heavy atom. The minimum Gasteiger partial charge on any atom is -0.196 e. The molecule has 0 unspecified atom stereocenters. The summed E-state index contributed by atoms with van der Waals surface area (Å²) in [5.41, 5.74) is 1.05. The van der Waals surface area contributed by atoms with Gasteiger partial charge in [0, 0.05) is 5.38 Å². The molecule has 9 heavy (non-hydrogen) atoms. The van der Waals surface area contributed by atoms with Crippen LogP contribution < -0.4 is 0 Å². The number of nitrogens with zero attached hydrogens (tertiary/aromatic N) is 1. The van der Waals surface area contributed by atoms with Gasteiger partial charge in [0.1, 0.15) is 0 Å². The molecule has 1 aromatic rings. The molecule has 1 heterocycles. The van der Waals surface area contributed by atoms with Crippen molar-refractivity contribution in [3.63, 3.8) is 0 Å². The molecule has 0 radical (unpaired) electrons. The van der Waals surface area contributed by atoms with Gasteiger partial charge in [0.25, 0.3) is 0 Å². The second kappa shape index (κ2) is 2.31. The fourth-order valence-electron chi connectivity index (χ4n) is 0.528. The lowest BCUT2D eigenvalue weighted by atomic mass is 10.1. The molecule has 50 valence electrons. The summed E-state index contributed by atoms with van der Waals surface area (Å²) >= 11 is 5.82. The van der Waals surface area contributed by atoms with Gasteiger partial charge < -0.3 is 0 Å². The summed E-state index contributed by atoms with van der Waals surface area (Å²) in [4.78, 5) is 0. The second-order valence-corrected chi connectivity index (χ2v) is 4.23. The van der Waals surface area contributed by atoms with E-state index in [1.807, 2.05) is 25.3 Å². The van der Waals surface area contributed by atoms with Gasteiger partial charge in [-0.2, -0.15) is 17.0 Å². The fourth-order valence-corrected chi connectivity index (χ4v) is 1.37. The van der Waals surface area contributed by atoms with Gasteiger partial charge >= 0.3 is 0 Å². The Morgan fingerprint density at radius 2 is 2.33 bits per heavy atom. The first kappa shape index (κ1) is 7.09. The van der Waals surface area contributed by atoms with E-state index in [1.54, 1.807) is 0 Å². The van der Waals surface area contributed by atoms with Crippen molar-refractivity contribution in [1.29, 1.82) is 0 Å². The van der Waals surface area contributed by atoms with E-state index in [9.17, 15) is 0 Å². The fraction of sp³-hybridized carbons (Fsp3) is 0.500. The van der Waals surface area contributed by atoms with Gasteiger partial charge in [-0.05, 0) is 31.4 Å². The van der Waals surface area contributed by atoms with E-state index < -0.39 is 0 Å². The largest absolute Gasteiger partial charge is 0.196 e. The van der Waals surface area contributed by atoms with Crippen LogP contribution in [0.2, 0.25) is 0 Å². The summed E-state index contributed by atoms with van der Waals surface area (Å²) in [6.07, 6.45) is 0. The van der Waals surface area contributed by atoms with E-state index in [2.05, 4.69) is 17.0 Å². The molecule has 0 aliphatic rings. The number of aromatic nitrogens is 1. The first-order valence-electron chi connectivity index (χ1n) is 2.74. The molecule has 1 nitrogen and oxygen atoms in total. The van der Waals surface area contributed by atoms with Crippen LogP contribution in [0.1, 0.15) is 19.5 Å². The molecule has 0 atom stereocenters. The predicted molar refractivity (Wildman–Crippen MR) is 44.1 cm³/mol. The van der Waals surface area contributed by atoms with E-state index >= 15 is 0 Å². The third kappa shape index (κ3) is 1.69. The number of thiol groups is 1. The molecular formula is C6H9NS2. The molecule has 3 heteroatoms. The van der Waals surface area contributed by atoms with Crippen LogP contribution in [0.4, 0.5) is 0 Å². The van der Waals surface area contributed by atoms with Gasteiger partial charge in [-0.3, -0.25) is 0 Å². The first-order valence-corrected chi connectivity index (χ1v) is 4.02. The number of hydrogen-bond acceptors (Lipinski definition) is 3. The van der Waals surface area contributed by atoms with E-state index in [1.165, 1.54) is 11.5 Å². The number of rotatable bonds is 1. The molecule has 0 fully saturated rings. The summed E-state index contributed by atoms with van der Waals surface area (Å²) in [5.74, 6) is 0. The maximum absolute atomic E-state index is 4.35. The number of hydrogen-bond donors (Lipinski definition) is 1. The van der Waals surface area contributed by atoms with Gasteiger partial charge in [0.2, 0.25) is 0 Å². The lowest BCUT2D eigenvalue weighted by Crippen LogP contribution is -2.06. The van der Waals surface area contributed by atoms with Gasteiger partial charge in [-0.15, -0.1) is 0 Å². The molecule has 0 saturated heterocycles. The molecule has 0 bridgehead atoms. The Kier molecular flexibility index (Phi) is 1.82. The van der Waals surface area contributed by atoms with Crippen molar-refractivity contribution in [2.24, 2.45) is 0 Å². The minimum absolute atomic E-state index is 0.0833. The van der Waals surface area contributed by atoms with Crippen molar-refractivity contribution >= 4 is 24.2 Å². The van der Waals surface area contributed by atoms with Crippen molar-refractivity contribution in [3.05, 3.63) is 17.1 Å². The lowest BCUT2D eigenvalue weighted by Gasteiger charge is -2.12. The third-order valence-electron chi connectivity index (χ3n) is 1.06. The first-order chi connectivity index (χ1) is 4.11. The Labute approximate surface area is 64.7 Å². The van der Waals surface area contributed by atoms with E-state index in [4.69, 9.17) is 0 Å². The van der Waals surface area contributed by atoms with Crippen molar-refractivity contribution in [2.45, 2.75) is 18.6 Å². The molecule has 0 aliphatic heterocycles. The zero-order valence-corrected chi connectivity index (χ0v) is 7.17. The monoisotopic (exact) mass is 159 g/mol. The molecule has 0 amide bonds. The Morgan fingerprint density at radius 1 is 1.67 bits per heavy atom. The average Bonchev–Trinajstić information content (AvgIpc) is 2.08. The highest BCUT2D eigenvalue weighted by Crippen LogP contribution is 2.25. The van der Waals surface area contributed by atoms with Crippen molar-refractivity contribution < 1.29 is 0 Å². The molecule has 0 aromatic carbocycles. The molecule has 1 aromatic heterocycles. The molecule has 0 saturated carbocycles. The van der Waals surface area contributed by atoms with Gasteiger partial charge in [-0.25, -0.2) is 0 Å². The Hall–Kier alpha value is -0.0200. The quantitative estimate of drug-likeness (QED) is 0.620. The zero-order valence-electron chi connectivity index (χ0n) is 5.46. The van der Waals surface area contributed by atoms with Crippen LogP contribution in [0.25, 0.3) is 0 Å². The van der Waals surface area contributed by atoms with E-state index in [-0.39, 0.29) is 4.75 Å².